The van der Waals surface area contributed by atoms with E-state index in [1.807, 2.05) is 0 Å². The quantitative estimate of drug-likeness (QED) is 0.907. The molecular formula is C10H15BrN2O2S. The Hall–Kier alpha value is -0.460. The van der Waals surface area contributed by atoms with Crippen LogP contribution in [0.5, 0.6) is 0 Å². The molecule has 0 aliphatic heterocycles. The average molecular weight is 307 g/mol. The van der Waals surface area contributed by atoms with Crippen molar-refractivity contribution in [1.82, 2.24) is 9.71 Å². The van der Waals surface area contributed by atoms with Crippen LogP contribution in [0.4, 0.5) is 0 Å². The van der Waals surface area contributed by atoms with Gasteiger partial charge >= 0.3 is 0 Å². The third-order valence-corrected chi connectivity index (χ3v) is 3.87. The van der Waals surface area contributed by atoms with E-state index in [2.05, 4.69) is 39.5 Å². The van der Waals surface area contributed by atoms with E-state index >= 15 is 0 Å². The summed E-state index contributed by atoms with van der Waals surface area (Å²) in [6.45, 7) is 4.55. The van der Waals surface area contributed by atoms with Crippen LogP contribution in [0, 0.1) is 5.92 Å². The monoisotopic (exact) mass is 306 g/mol. The fraction of sp³-hybridized carbons (Fsp3) is 0.500. The van der Waals surface area contributed by atoms with Gasteiger partial charge in [-0.2, -0.15) is 0 Å². The van der Waals surface area contributed by atoms with E-state index in [4.69, 9.17) is 0 Å². The summed E-state index contributed by atoms with van der Waals surface area (Å²) in [6.07, 6.45) is 3.70. The highest BCUT2D eigenvalue weighted by Gasteiger charge is 2.14. The van der Waals surface area contributed by atoms with Crippen molar-refractivity contribution in [1.29, 1.82) is 0 Å². The van der Waals surface area contributed by atoms with Crippen LogP contribution in [0.3, 0.4) is 0 Å². The number of rotatable bonds is 5. The SMILES string of the molecule is CC(C)CCNS(=O)(=O)c1cncc(Br)c1. The van der Waals surface area contributed by atoms with Gasteiger partial charge in [0, 0.05) is 23.4 Å². The lowest BCUT2D eigenvalue weighted by molar-refractivity contribution is 0.551. The van der Waals surface area contributed by atoms with Gasteiger partial charge in [0.2, 0.25) is 10.0 Å². The first-order valence-corrected chi connectivity index (χ1v) is 7.29. The largest absolute Gasteiger partial charge is 0.262 e. The molecule has 0 atom stereocenters. The second-order valence-corrected chi connectivity index (χ2v) is 6.60. The summed E-state index contributed by atoms with van der Waals surface area (Å²) in [4.78, 5) is 4.01. The molecule has 16 heavy (non-hydrogen) atoms. The molecule has 6 heteroatoms. The zero-order valence-corrected chi connectivity index (χ0v) is 11.7. The lowest BCUT2D eigenvalue weighted by atomic mass is 10.1. The molecule has 0 saturated heterocycles. The number of hydrogen-bond acceptors (Lipinski definition) is 3. The molecule has 1 aromatic heterocycles. The van der Waals surface area contributed by atoms with Gasteiger partial charge < -0.3 is 0 Å². The smallest absolute Gasteiger partial charge is 0.242 e. The first-order chi connectivity index (χ1) is 7.42. The van der Waals surface area contributed by atoms with E-state index in [0.29, 0.717) is 16.9 Å². The van der Waals surface area contributed by atoms with E-state index in [1.54, 1.807) is 6.20 Å². The summed E-state index contributed by atoms with van der Waals surface area (Å²) in [5.74, 6) is 0.475. The Labute approximate surface area is 105 Å². The van der Waals surface area contributed by atoms with Crippen LogP contribution >= 0.6 is 15.9 Å². The summed E-state index contributed by atoms with van der Waals surface area (Å²) >= 11 is 3.19. The van der Waals surface area contributed by atoms with E-state index in [0.717, 1.165) is 6.42 Å². The van der Waals surface area contributed by atoms with Gasteiger partial charge in [-0.05, 0) is 34.3 Å². The minimum Gasteiger partial charge on any atom is -0.262 e. The van der Waals surface area contributed by atoms with E-state index in [-0.39, 0.29) is 4.90 Å². The zero-order chi connectivity index (χ0) is 12.2. The number of nitrogens with zero attached hydrogens (tertiary/aromatic N) is 1. The van der Waals surface area contributed by atoms with Gasteiger partial charge in [-0.15, -0.1) is 0 Å². The maximum Gasteiger partial charge on any atom is 0.242 e. The fourth-order valence-electron chi connectivity index (χ4n) is 1.10. The number of aromatic nitrogens is 1. The highest BCUT2D eigenvalue weighted by atomic mass is 79.9. The normalized spacial score (nSPS) is 12.0. The van der Waals surface area contributed by atoms with Crippen LogP contribution in [0.15, 0.2) is 27.8 Å². The lowest BCUT2D eigenvalue weighted by Crippen LogP contribution is -2.25. The van der Waals surface area contributed by atoms with Gasteiger partial charge in [0.05, 0.1) is 0 Å². The summed E-state index contributed by atoms with van der Waals surface area (Å²) < 4.78 is 26.8. The summed E-state index contributed by atoms with van der Waals surface area (Å²) in [7, 11) is -3.42. The molecule has 1 heterocycles. The van der Waals surface area contributed by atoms with Crippen molar-refractivity contribution in [2.45, 2.75) is 25.2 Å². The first kappa shape index (κ1) is 13.6. The third kappa shape index (κ3) is 4.19. The van der Waals surface area contributed by atoms with Crippen molar-refractivity contribution in [3.05, 3.63) is 22.9 Å². The molecule has 0 aliphatic carbocycles. The summed E-state index contributed by atoms with van der Waals surface area (Å²) in [5, 5.41) is 0. The molecule has 0 aromatic carbocycles. The highest BCUT2D eigenvalue weighted by molar-refractivity contribution is 9.10. The predicted octanol–water partition coefficient (Wildman–Crippen LogP) is 2.17. The maximum atomic E-state index is 11.8. The molecule has 1 N–H and O–H groups in total. The van der Waals surface area contributed by atoms with Crippen LogP contribution in [0.25, 0.3) is 0 Å². The van der Waals surface area contributed by atoms with Gasteiger partial charge in [-0.1, -0.05) is 13.8 Å². The Morgan fingerprint density at radius 2 is 2.12 bits per heavy atom. The van der Waals surface area contributed by atoms with Gasteiger partial charge in [0.1, 0.15) is 4.90 Å². The Bertz CT molecular complexity index is 446. The molecule has 90 valence electrons. The van der Waals surface area contributed by atoms with Crippen LogP contribution in [-0.4, -0.2) is 19.9 Å². The van der Waals surface area contributed by atoms with Crippen LogP contribution < -0.4 is 4.72 Å². The zero-order valence-electron chi connectivity index (χ0n) is 9.27. The van der Waals surface area contributed by atoms with Gasteiger partial charge in [-0.25, -0.2) is 13.1 Å². The minimum absolute atomic E-state index is 0.186. The van der Waals surface area contributed by atoms with Gasteiger partial charge in [0.15, 0.2) is 0 Å². The number of nitrogens with one attached hydrogen (secondary N) is 1. The molecule has 0 radical (unpaired) electrons. The van der Waals surface area contributed by atoms with Crippen molar-refractivity contribution < 1.29 is 8.42 Å². The molecule has 0 unspecified atom stereocenters. The minimum atomic E-state index is -3.42. The van der Waals surface area contributed by atoms with Crippen molar-refractivity contribution in [2.24, 2.45) is 5.92 Å². The van der Waals surface area contributed by atoms with Crippen LogP contribution in [0.2, 0.25) is 0 Å². The number of pyridine rings is 1. The molecule has 0 aliphatic rings. The van der Waals surface area contributed by atoms with E-state index in [1.165, 1.54) is 12.3 Å². The Morgan fingerprint density at radius 1 is 1.44 bits per heavy atom. The summed E-state index contributed by atoms with van der Waals surface area (Å²) in [6, 6.07) is 1.53. The van der Waals surface area contributed by atoms with Crippen molar-refractivity contribution in [3.8, 4) is 0 Å². The number of halogens is 1. The summed E-state index contributed by atoms with van der Waals surface area (Å²) in [5.41, 5.74) is 0. The number of hydrogen-bond donors (Lipinski definition) is 1. The standard InChI is InChI=1S/C10H15BrN2O2S/c1-8(2)3-4-13-16(14,15)10-5-9(11)6-12-7-10/h5-8,13H,3-4H2,1-2H3. The molecule has 0 fully saturated rings. The Morgan fingerprint density at radius 3 is 2.69 bits per heavy atom. The lowest BCUT2D eigenvalue weighted by Gasteiger charge is -2.08. The molecule has 1 rings (SSSR count). The highest BCUT2D eigenvalue weighted by Crippen LogP contribution is 2.14. The molecule has 0 saturated carbocycles. The second kappa shape index (κ2) is 5.75. The second-order valence-electron chi connectivity index (χ2n) is 3.92. The van der Waals surface area contributed by atoms with Crippen molar-refractivity contribution in [3.63, 3.8) is 0 Å². The predicted molar refractivity (Wildman–Crippen MR) is 66.6 cm³/mol. The Kier molecular flexibility index (Phi) is 4.89. The molecule has 1 aromatic rings. The first-order valence-electron chi connectivity index (χ1n) is 5.02. The maximum absolute atomic E-state index is 11.8. The van der Waals surface area contributed by atoms with Crippen molar-refractivity contribution in [2.75, 3.05) is 6.54 Å². The molecule has 0 spiro atoms. The Balaban J connectivity index is 2.71. The average Bonchev–Trinajstić information content (AvgIpc) is 2.16. The number of sulfonamides is 1. The topological polar surface area (TPSA) is 59.1 Å². The van der Waals surface area contributed by atoms with Gasteiger partial charge in [0.25, 0.3) is 0 Å². The van der Waals surface area contributed by atoms with Crippen LogP contribution in [0.1, 0.15) is 20.3 Å². The van der Waals surface area contributed by atoms with Crippen LogP contribution in [-0.2, 0) is 10.0 Å². The van der Waals surface area contributed by atoms with Gasteiger partial charge in [-0.3, -0.25) is 4.98 Å². The third-order valence-electron chi connectivity index (χ3n) is 2.00. The molecule has 0 amide bonds. The fourth-order valence-corrected chi connectivity index (χ4v) is 2.66. The van der Waals surface area contributed by atoms with Crippen molar-refractivity contribution >= 4 is 26.0 Å². The van der Waals surface area contributed by atoms with E-state index in [9.17, 15) is 8.42 Å². The molecular weight excluding hydrogens is 292 g/mol. The molecule has 0 bridgehead atoms. The van der Waals surface area contributed by atoms with E-state index < -0.39 is 10.0 Å². The molecule has 4 nitrogen and oxygen atoms in total.